The number of hydrogen-bond acceptors (Lipinski definition) is 4. The zero-order valence-corrected chi connectivity index (χ0v) is 13.2. The standard InChI is InChI=1S/C16H24N2OS/c1-3-8-17-12-16-14(7-10-19-16)13-18(2)9-6-15-5-4-11-20-15/h4-5,7,10-11,17H,3,6,8-9,12-13H2,1-2H3. The van der Waals surface area contributed by atoms with Gasteiger partial charge in [0.05, 0.1) is 12.8 Å². The van der Waals surface area contributed by atoms with E-state index in [9.17, 15) is 0 Å². The van der Waals surface area contributed by atoms with E-state index in [1.807, 2.05) is 11.3 Å². The molecule has 4 heteroatoms. The van der Waals surface area contributed by atoms with E-state index >= 15 is 0 Å². The molecule has 0 aliphatic carbocycles. The summed E-state index contributed by atoms with van der Waals surface area (Å²) in [6, 6.07) is 6.41. The molecule has 0 saturated carbocycles. The molecule has 2 aromatic heterocycles. The molecule has 0 fully saturated rings. The first-order valence-electron chi connectivity index (χ1n) is 7.26. The van der Waals surface area contributed by atoms with Crippen molar-refractivity contribution in [3.8, 4) is 0 Å². The fraction of sp³-hybridized carbons (Fsp3) is 0.500. The molecule has 2 heterocycles. The fourth-order valence-corrected chi connectivity index (χ4v) is 2.87. The third-order valence-corrected chi connectivity index (χ3v) is 4.25. The molecular weight excluding hydrogens is 268 g/mol. The Hall–Kier alpha value is -1.10. The van der Waals surface area contributed by atoms with Crippen molar-refractivity contribution < 1.29 is 4.42 Å². The van der Waals surface area contributed by atoms with Crippen molar-refractivity contribution >= 4 is 11.3 Å². The summed E-state index contributed by atoms with van der Waals surface area (Å²) >= 11 is 1.83. The van der Waals surface area contributed by atoms with Gasteiger partial charge in [-0.25, -0.2) is 0 Å². The van der Waals surface area contributed by atoms with Gasteiger partial charge in [-0.05, 0) is 43.9 Å². The van der Waals surface area contributed by atoms with Crippen LogP contribution in [0, 0.1) is 0 Å². The number of furan rings is 1. The van der Waals surface area contributed by atoms with Crippen molar-refractivity contribution in [1.82, 2.24) is 10.2 Å². The zero-order valence-electron chi connectivity index (χ0n) is 12.4. The summed E-state index contributed by atoms with van der Waals surface area (Å²) in [6.45, 7) is 6.07. The Morgan fingerprint density at radius 1 is 1.35 bits per heavy atom. The monoisotopic (exact) mass is 292 g/mol. The Morgan fingerprint density at radius 3 is 3.00 bits per heavy atom. The molecule has 2 aromatic rings. The van der Waals surface area contributed by atoms with Gasteiger partial charge in [0, 0.05) is 23.5 Å². The molecule has 0 bridgehead atoms. The van der Waals surface area contributed by atoms with Crippen molar-refractivity contribution in [1.29, 1.82) is 0 Å². The van der Waals surface area contributed by atoms with Gasteiger partial charge in [0.25, 0.3) is 0 Å². The second-order valence-corrected chi connectivity index (χ2v) is 6.15. The average molecular weight is 292 g/mol. The van der Waals surface area contributed by atoms with E-state index in [0.29, 0.717) is 0 Å². The fourth-order valence-electron chi connectivity index (χ4n) is 2.17. The molecule has 2 rings (SSSR count). The van der Waals surface area contributed by atoms with Crippen LogP contribution >= 0.6 is 11.3 Å². The molecule has 0 unspecified atom stereocenters. The van der Waals surface area contributed by atoms with Gasteiger partial charge in [-0.3, -0.25) is 0 Å². The Labute approximate surface area is 125 Å². The van der Waals surface area contributed by atoms with Gasteiger partial charge in [0.15, 0.2) is 0 Å². The number of nitrogens with zero attached hydrogens (tertiary/aromatic N) is 1. The van der Waals surface area contributed by atoms with E-state index in [2.05, 4.69) is 47.8 Å². The van der Waals surface area contributed by atoms with E-state index in [1.54, 1.807) is 6.26 Å². The van der Waals surface area contributed by atoms with Crippen LogP contribution in [0.2, 0.25) is 0 Å². The number of thiophene rings is 1. The number of likely N-dealkylation sites (N-methyl/N-ethyl adjacent to an activating group) is 1. The van der Waals surface area contributed by atoms with E-state index in [-0.39, 0.29) is 0 Å². The maximum Gasteiger partial charge on any atom is 0.122 e. The van der Waals surface area contributed by atoms with Crippen LogP contribution in [-0.2, 0) is 19.5 Å². The van der Waals surface area contributed by atoms with E-state index in [4.69, 9.17) is 4.42 Å². The summed E-state index contributed by atoms with van der Waals surface area (Å²) in [5.74, 6) is 1.07. The maximum atomic E-state index is 5.58. The first kappa shape index (κ1) is 15.3. The molecule has 0 radical (unpaired) electrons. The van der Waals surface area contributed by atoms with Crippen LogP contribution in [0.4, 0.5) is 0 Å². The molecule has 0 aliphatic rings. The lowest BCUT2D eigenvalue weighted by molar-refractivity contribution is 0.327. The largest absolute Gasteiger partial charge is 0.468 e. The normalized spacial score (nSPS) is 11.3. The highest BCUT2D eigenvalue weighted by atomic mass is 32.1. The topological polar surface area (TPSA) is 28.4 Å². The van der Waals surface area contributed by atoms with E-state index in [1.165, 1.54) is 10.4 Å². The molecular formula is C16H24N2OS. The van der Waals surface area contributed by atoms with Gasteiger partial charge in [0.1, 0.15) is 5.76 Å². The molecule has 0 amide bonds. The highest BCUT2D eigenvalue weighted by molar-refractivity contribution is 7.09. The van der Waals surface area contributed by atoms with Crippen molar-refractivity contribution in [2.75, 3.05) is 20.1 Å². The first-order chi connectivity index (χ1) is 9.79. The van der Waals surface area contributed by atoms with Crippen LogP contribution < -0.4 is 5.32 Å². The van der Waals surface area contributed by atoms with Gasteiger partial charge in [-0.1, -0.05) is 13.0 Å². The smallest absolute Gasteiger partial charge is 0.122 e. The van der Waals surface area contributed by atoms with Gasteiger partial charge < -0.3 is 14.6 Å². The van der Waals surface area contributed by atoms with Gasteiger partial charge in [0.2, 0.25) is 0 Å². The third-order valence-electron chi connectivity index (χ3n) is 3.31. The SMILES string of the molecule is CCCNCc1occc1CN(C)CCc1cccs1. The lowest BCUT2D eigenvalue weighted by Crippen LogP contribution is -2.22. The summed E-state index contributed by atoms with van der Waals surface area (Å²) in [6.07, 6.45) is 4.07. The lowest BCUT2D eigenvalue weighted by Gasteiger charge is -2.16. The summed E-state index contributed by atoms with van der Waals surface area (Å²) in [4.78, 5) is 3.81. The number of rotatable bonds is 9. The minimum atomic E-state index is 0.828. The van der Waals surface area contributed by atoms with Crippen LogP contribution in [0.1, 0.15) is 29.5 Å². The zero-order chi connectivity index (χ0) is 14.2. The van der Waals surface area contributed by atoms with Crippen molar-refractivity contribution in [3.05, 3.63) is 46.0 Å². The average Bonchev–Trinajstić information content (AvgIpc) is 3.09. The van der Waals surface area contributed by atoms with E-state index < -0.39 is 0 Å². The molecule has 0 aromatic carbocycles. The molecule has 0 spiro atoms. The minimum Gasteiger partial charge on any atom is -0.468 e. The lowest BCUT2D eigenvalue weighted by atomic mass is 10.2. The van der Waals surface area contributed by atoms with Crippen LogP contribution in [0.15, 0.2) is 34.3 Å². The Balaban J connectivity index is 1.78. The Bertz CT molecular complexity index is 478. The molecule has 1 N–H and O–H groups in total. The molecule has 0 aliphatic heterocycles. The quantitative estimate of drug-likeness (QED) is 0.717. The predicted octanol–water partition coefficient (Wildman–Crippen LogP) is 3.52. The molecule has 20 heavy (non-hydrogen) atoms. The summed E-state index contributed by atoms with van der Waals surface area (Å²) < 4.78 is 5.58. The molecule has 110 valence electrons. The van der Waals surface area contributed by atoms with Crippen LogP contribution in [0.5, 0.6) is 0 Å². The minimum absolute atomic E-state index is 0.828. The predicted molar refractivity (Wildman–Crippen MR) is 85.1 cm³/mol. The highest BCUT2D eigenvalue weighted by Crippen LogP contribution is 2.14. The Kier molecular flexibility index (Phi) is 6.30. The molecule has 0 atom stereocenters. The first-order valence-corrected chi connectivity index (χ1v) is 8.14. The molecule has 0 saturated heterocycles. The van der Waals surface area contributed by atoms with Crippen molar-refractivity contribution in [2.45, 2.75) is 32.9 Å². The van der Waals surface area contributed by atoms with Crippen LogP contribution in [0.3, 0.4) is 0 Å². The van der Waals surface area contributed by atoms with Crippen LogP contribution in [0.25, 0.3) is 0 Å². The third kappa shape index (κ3) is 4.78. The molecule has 3 nitrogen and oxygen atoms in total. The van der Waals surface area contributed by atoms with Crippen molar-refractivity contribution in [2.24, 2.45) is 0 Å². The van der Waals surface area contributed by atoms with Gasteiger partial charge in [-0.2, -0.15) is 0 Å². The number of nitrogens with one attached hydrogen (secondary N) is 1. The maximum absolute atomic E-state index is 5.58. The summed E-state index contributed by atoms with van der Waals surface area (Å²) in [5.41, 5.74) is 1.29. The Morgan fingerprint density at radius 2 is 2.25 bits per heavy atom. The second kappa shape index (κ2) is 8.25. The second-order valence-electron chi connectivity index (χ2n) is 5.11. The van der Waals surface area contributed by atoms with Crippen LogP contribution in [-0.4, -0.2) is 25.0 Å². The van der Waals surface area contributed by atoms with Crippen molar-refractivity contribution in [3.63, 3.8) is 0 Å². The summed E-state index contributed by atoms with van der Waals surface area (Å²) in [5, 5.41) is 5.54. The van der Waals surface area contributed by atoms with Gasteiger partial charge in [-0.15, -0.1) is 11.3 Å². The summed E-state index contributed by atoms with van der Waals surface area (Å²) in [7, 11) is 2.17. The number of hydrogen-bond donors (Lipinski definition) is 1. The highest BCUT2D eigenvalue weighted by Gasteiger charge is 2.09. The van der Waals surface area contributed by atoms with Gasteiger partial charge >= 0.3 is 0 Å². The van der Waals surface area contributed by atoms with E-state index in [0.717, 1.165) is 44.8 Å².